The minimum Gasteiger partial charge on any atom is -0.493 e. The fourth-order valence-corrected chi connectivity index (χ4v) is 4.48. The molecule has 4 N–H and O–H groups in total. The summed E-state index contributed by atoms with van der Waals surface area (Å²) in [5.74, 6) is 0.112. The van der Waals surface area contributed by atoms with Gasteiger partial charge in [-0.3, -0.25) is 9.36 Å². The molecule has 160 valence electrons. The van der Waals surface area contributed by atoms with Crippen LogP contribution in [0.4, 0.5) is 4.39 Å². The van der Waals surface area contributed by atoms with Crippen molar-refractivity contribution in [3.05, 3.63) is 52.0 Å². The molecule has 0 radical (unpaired) electrons. The van der Waals surface area contributed by atoms with Crippen molar-refractivity contribution < 1.29 is 28.3 Å². The molecule has 1 unspecified atom stereocenters. The Morgan fingerprint density at radius 3 is 2.72 bits per heavy atom. The van der Waals surface area contributed by atoms with Crippen LogP contribution in [-0.2, 0) is 11.0 Å². The summed E-state index contributed by atoms with van der Waals surface area (Å²) in [7, 11) is -4.05. The second kappa shape index (κ2) is 10.5. The molecule has 0 aliphatic carbocycles. The SMILES string of the molecule is CC(N)(CCc1ccc(C(=O)CCCOc2cccc(F)c2)s1)CCP(=O)(O)O. The zero-order valence-electron chi connectivity index (χ0n) is 16.3. The highest BCUT2D eigenvalue weighted by atomic mass is 32.1. The van der Waals surface area contributed by atoms with E-state index in [1.807, 2.05) is 6.07 Å². The lowest BCUT2D eigenvalue weighted by molar-refractivity contribution is 0.0977. The maximum atomic E-state index is 13.1. The first kappa shape index (κ1) is 23.7. The molecule has 0 bridgehead atoms. The van der Waals surface area contributed by atoms with Crippen molar-refractivity contribution in [2.75, 3.05) is 12.8 Å². The van der Waals surface area contributed by atoms with Crippen molar-refractivity contribution in [2.45, 2.75) is 44.6 Å². The first-order valence-electron chi connectivity index (χ1n) is 9.38. The van der Waals surface area contributed by atoms with Gasteiger partial charge in [-0.25, -0.2) is 4.39 Å². The lowest BCUT2D eigenvalue weighted by Crippen LogP contribution is -2.37. The molecular weight excluding hydrogens is 416 g/mol. The normalized spacial score (nSPS) is 13.8. The first-order valence-corrected chi connectivity index (χ1v) is 12.0. The van der Waals surface area contributed by atoms with Gasteiger partial charge in [-0.05, 0) is 56.9 Å². The minimum absolute atomic E-state index is 0.0288. The van der Waals surface area contributed by atoms with Crippen LogP contribution in [0.1, 0.15) is 47.2 Å². The molecule has 0 aliphatic rings. The van der Waals surface area contributed by atoms with E-state index in [1.54, 1.807) is 25.1 Å². The van der Waals surface area contributed by atoms with E-state index in [2.05, 4.69) is 0 Å². The smallest absolute Gasteiger partial charge is 0.325 e. The first-order chi connectivity index (χ1) is 13.5. The summed E-state index contributed by atoms with van der Waals surface area (Å²) in [5.41, 5.74) is 5.46. The zero-order valence-corrected chi connectivity index (χ0v) is 18.1. The highest BCUT2D eigenvalue weighted by Crippen LogP contribution is 2.37. The van der Waals surface area contributed by atoms with Crippen LogP contribution >= 0.6 is 18.9 Å². The van der Waals surface area contributed by atoms with E-state index in [9.17, 15) is 13.8 Å². The zero-order chi connectivity index (χ0) is 21.5. The third-order valence-corrected chi connectivity index (χ3v) is 6.46. The number of carbonyl (C=O) groups excluding carboxylic acids is 1. The third kappa shape index (κ3) is 9.19. The number of rotatable bonds is 12. The van der Waals surface area contributed by atoms with Gasteiger partial charge in [-0.1, -0.05) is 6.07 Å². The highest BCUT2D eigenvalue weighted by molar-refractivity contribution is 7.51. The number of aryl methyl sites for hydroxylation is 1. The molecule has 1 aromatic carbocycles. The number of carbonyl (C=O) groups is 1. The van der Waals surface area contributed by atoms with Gasteiger partial charge in [0, 0.05) is 22.9 Å². The number of hydrogen-bond acceptors (Lipinski definition) is 5. The minimum atomic E-state index is -4.05. The molecule has 2 aromatic rings. The van der Waals surface area contributed by atoms with Crippen LogP contribution in [0.2, 0.25) is 0 Å². The Hall–Kier alpha value is -1.57. The number of hydrogen-bond donors (Lipinski definition) is 3. The Labute approximate surface area is 174 Å². The average molecular weight is 443 g/mol. The van der Waals surface area contributed by atoms with Gasteiger partial charge >= 0.3 is 7.60 Å². The standard InChI is InChI=1S/C20H27FNO5PS/c1-20(22,11-13-28(24,25)26)10-9-17-7-8-19(29-17)18(23)6-3-12-27-16-5-2-4-15(21)14-16/h2,4-5,7-8,14H,3,6,9-13,22H2,1H3,(H2,24,25,26). The summed E-state index contributed by atoms with van der Waals surface area (Å²) in [6.07, 6.45) is 2.10. The van der Waals surface area contributed by atoms with E-state index in [-0.39, 0.29) is 24.2 Å². The molecule has 0 amide bonds. The molecule has 2 rings (SSSR count). The Bertz CT molecular complexity index is 864. The summed E-state index contributed by atoms with van der Waals surface area (Å²) < 4.78 is 29.5. The maximum Gasteiger partial charge on any atom is 0.325 e. The quantitative estimate of drug-likeness (QED) is 0.258. The fourth-order valence-electron chi connectivity index (χ4n) is 2.70. The van der Waals surface area contributed by atoms with E-state index in [1.165, 1.54) is 23.5 Å². The number of benzene rings is 1. The summed E-state index contributed by atoms with van der Waals surface area (Å²) in [4.78, 5) is 32.0. The lowest BCUT2D eigenvalue weighted by atomic mass is 9.94. The lowest BCUT2D eigenvalue weighted by Gasteiger charge is -2.24. The number of ketones is 1. The molecule has 6 nitrogen and oxygen atoms in total. The second-order valence-corrected chi connectivity index (χ2v) is 10.3. The van der Waals surface area contributed by atoms with Crippen LogP contribution in [0, 0.1) is 5.82 Å². The predicted octanol–water partition coefficient (Wildman–Crippen LogP) is 4.15. The maximum absolute atomic E-state index is 13.1. The number of halogens is 1. The third-order valence-electron chi connectivity index (χ3n) is 4.47. The average Bonchev–Trinajstić information content (AvgIpc) is 3.11. The summed E-state index contributed by atoms with van der Waals surface area (Å²) in [5, 5.41) is 0. The van der Waals surface area contributed by atoms with E-state index in [0.717, 1.165) is 4.88 Å². The van der Waals surface area contributed by atoms with Crippen molar-refractivity contribution in [1.29, 1.82) is 0 Å². The molecule has 1 heterocycles. The van der Waals surface area contributed by atoms with Gasteiger partial charge < -0.3 is 20.3 Å². The van der Waals surface area contributed by atoms with Crippen molar-refractivity contribution in [3.63, 3.8) is 0 Å². The van der Waals surface area contributed by atoms with Crippen LogP contribution in [0.3, 0.4) is 0 Å². The van der Waals surface area contributed by atoms with E-state index >= 15 is 0 Å². The van der Waals surface area contributed by atoms with Crippen LogP contribution in [0.25, 0.3) is 0 Å². The van der Waals surface area contributed by atoms with Crippen LogP contribution < -0.4 is 10.5 Å². The molecule has 0 saturated heterocycles. The second-order valence-electron chi connectivity index (χ2n) is 7.39. The monoisotopic (exact) mass is 443 g/mol. The largest absolute Gasteiger partial charge is 0.493 e. The van der Waals surface area contributed by atoms with Gasteiger partial charge in [0.1, 0.15) is 11.6 Å². The molecule has 1 atom stereocenters. The van der Waals surface area contributed by atoms with Gasteiger partial charge in [0.15, 0.2) is 5.78 Å². The van der Waals surface area contributed by atoms with Crippen molar-refractivity contribution in [2.24, 2.45) is 5.73 Å². The number of thiophene rings is 1. The topological polar surface area (TPSA) is 110 Å². The molecule has 0 saturated carbocycles. The van der Waals surface area contributed by atoms with E-state index < -0.39 is 13.1 Å². The summed E-state index contributed by atoms with van der Waals surface area (Å²) in [6.45, 7) is 2.11. The number of nitrogens with two attached hydrogens (primary N) is 1. The van der Waals surface area contributed by atoms with Crippen LogP contribution in [0.15, 0.2) is 36.4 Å². The molecule has 1 aromatic heterocycles. The predicted molar refractivity (Wildman–Crippen MR) is 112 cm³/mol. The van der Waals surface area contributed by atoms with E-state index in [0.29, 0.717) is 42.9 Å². The molecule has 0 spiro atoms. The summed E-state index contributed by atoms with van der Waals surface area (Å²) in [6, 6.07) is 9.57. The Kier molecular flexibility index (Phi) is 8.55. The van der Waals surface area contributed by atoms with E-state index in [4.69, 9.17) is 20.3 Å². The summed E-state index contributed by atoms with van der Waals surface area (Å²) >= 11 is 1.41. The highest BCUT2D eigenvalue weighted by Gasteiger charge is 2.24. The van der Waals surface area contributed by atoms with Gasteiger partial charge in [0.25, 0.3) is 0 Å². The Balaban J connectivity index is 1.74. The van der Waals surface area contributed by atoms with Gasteiger partial charge in [-0.2, -0.15) is 0 Å². The van der Waals surface area contributed by atoms with Gasteiger partial charge in [0.2, 0.25) is 0 Å². The van der Waals surface area contributed by atoms with Crippen molar-refractivity contribution >= 4 is 24.7 Å². The molecule has 9 heteroatoms. The molecule has 29 heavy (non-hydrogen) atoms. The van der Waals surface area contributed by atoms with Crippen LogP contribution in [0.5, 0.6) is 5.75 Å². The van der Waals surface area contributed by atoms with Gasteiger partial charge in [0.05, 0.1) is 17.6 Å². The molecule has 0 aliphatic heterocycles. The molecular formula is C20H27FNO5PS. The van der Waals surface area contributed by atoms with Gasteiger partial charge in [-0.15, -0.1) is 11.3 Å². The number of Topliss-reactive ketones (excluding diaryl/α,β-unsaturated/α-hetero) is 1. The fraction of sp³-hybridized carbons (Fsp3) is 0.450. The number of ether oxygens (including phenoxy) is 1. The Morgan fingerprint density at radius 1 is 1.28 bits per heavy atom. The molecule has 0 fully saturated rings. The van der Waals surface area contributed by atoms with Crippen LogP contribution in [-0.4, -0.2) is 33.9 Å². The Morgan fingerprint density at radius 2 is 2.03 bits per heavy atom. The van der Waals surface area contributed by atoms with Crippen molar-refractivity contribution in [1.82, 2.24) is 0 Å². The van der Waals surface area contributed by atoms with Crippen molar-refractivity contribution in [3.8, 4) is 5.75 Å².